The largest absolute Gasteiger partial charge is 0.368 e. The van der Waals surface area contributed by atoms with Crippen molar-refractivity contribution in [2.24, 2.45) is 5.73 Å². The summed E-state index contributed by atoms with van der Waals surface area (Å²) in [6, 6.07) is 15.6. The summed E-state index contributed by atoms with van der Waals surface area (Å²) in [6.45, 7) is 2.13. The van der Waals surface area contributed by atoms with Crippen LogP contribution in [0.25, 0.3) is 0 Å². The van der Waals surface area contributed by atoms with E-state index in [1.807, 2.05) is 30.3 Å². The highest BCUT2D eigenvalue weighted by Gasteiger charge is 2.32. The van der Waals surface area contributed by atoms with Crippen LogP contribution in [0.1, 0.15) is 18.1 Å². The van der Waals surface area contributed by atoms with Gasteiger partial charge in [-0.05, 0) is 30.2 Å². The lowest BCUT2D eigenvalue weighted by Gasteiger charge is -2.28. The first kappa shape index (κ1) is 14.2. The van der Waals surface area contributed by atoms with Gasteiger partial charge in [-0.2, -0.15) is 0 Å². The van der Waals surface area contributed by atoms with E-state index in [4.69, 9.17) is 5.73 Å². The number of primary amides is 1. The molecule has 3 nitrogen and oxygen atoms in total. The maximum atomic E-state index is 13.3. The second-order valence-corrected chi connectivity index (χ2v) is 4.84. The Balaban J connectivity index is 2.24. The van der Waals surface area contributed by atoms with Gasteiger partial charge in [-0.15, -0.1) is 0 Å². The van der Waals surface area contributed by atoms with Gasteiger partial charge >= 0.3 is 0 Å². The molecular weight excluding hydrogens is 255 g/mol. The Bertz CT molecular complexity index is 600. The van der Waals surface area contributed by atoms with Crippen LogP contribution in [0.4, 0.5) is 4.39 Å². The molecule has 1 amide bonds. The third-order valence-electron chi connectivity index (χ3n) is 3.38. The number of rotatable bonds is 5. The monoisotopic (exact) mass is 272 g/mol. The average Bonchev–Trinajstić information content (AvgIpc) is 2.45. The summed E-state index contributed by atoms with van der Waals surface area (Å²) in [6.07, 6.45) is 0. The van der Waals surface area contributed by atoms with Crippen LogP contribution in [0.5, 0.6) is 0 Å². The van der Waals surface area contributed by atoms with Gasteiger partial charge < -0.3 is 5.73 Å². The van der Waals surface area contributed by atoms with Gasteiger partial charge in [-0.1, -0.05) is 42.5 Å². The van der Waals surface area contributed by atoms with Crippen LogP contribution in [0.15, 0.2) is 54.6 Å². The highest BCUT2D eigenvalue weighted by molar-refractivity contribution is 5.85. The van der Waals surface area contributed by atoms with Crippen molar-refractivity contribution in [2.75, 3.05) is 0 Å². The molecule has 0 fully saturated rings. The van der Waals surface area contributed by atoms with Crippen molar-refractivity contribution in [1.82, 2.24) is 5.32 Å². The van der Waals surface area contributed by atoms with E-state index < -0.39 is 17.3 Å². The summed E-state index contributed by atoms with van der Waals surface area (Å²) in [5, 5.41) is 3.11. The molecule has 0 aliphatic heterocycles. The van der Waals surface area contributed by atoms with Crippen molar-refractivity contribution in [3.05, 3.63) is 71.5 Å². The molecule has 2 rings (SSSR count). The number of carbonyl (C=O) groups is 1. The van der Waals surface area contributed by atoms with Gasteiger partial charge in [0.05, 0.1) is 0 Å². The molecule has 0 radical (unpaired) electrons. The highest BCUT2D eigenvalue weighted by atomic mass is 19.1. The predicted molar refractivity (Wildman–Crippen MR) is 76.2 cm³/mol. The summed E-state index contributed by atoms with van der Waals surface area (Å²) in [5.41, 5.74) is 5.92. The van der Waals surface area contributed by atoms with Gasteiger partial charge in [0.15, 0.2) is 0 Å². The van der Waals surface area contributed by atoms with Crippen LogP contribution in [0, 0.1) is 5.82 Å². The molecule has 1 atom stereocenters. The van der Waals surface area contributed by atoms with Gasteiger partial charge in [0.2, 0.25) is 5.91 Å². The second kappa shape index (κ2) is 5.84. The number of carbonyl (C=O) groups excluding carboxylic acids is 1. The van der Waals surface area contributed by atoms with E-state index in [9.17, 15) is 9.18 Å². The summed E-state index contributed by atoms with van der Waals surface area (Å²) < 4.78 is 13.3. The predicted octanol–water partition coefficient (Wildman–Crippen LogP) is 2.32. The van der Waals surface area contributed by atoms with Gasteiger partial charge in [0, 0.05) is 6.54 Å². The van der Waals surface area contributed by atoms with Crippen molar-refractivity contribution < 1.29 is 9.18 Å². The number of nitrogens with one attached hydrogen (secondary N) is 1. The Morgan fingerprint density at radius 1 is 1.20 bits per heavy atom. The topological polar surface area (TPSA) is 55.1 Å². The molecule has 2 aromatic rings. The Morgan fingerprint density at radius 2 is 1.90 bits per heavy atom. The molecule has 0 aliphatic carbocycles. The smallest absolute Gasteiger partial charge is 0.242 e. The standard InChI is InChI=1S/C16H17FN2O/c1-16(15(18)20,13-8-5-9-14(17)10-13)19-11-12-6-3-2-4-7-12/h2-10,19H,11H2,1H3,(H2,18,20). The average molecular weight is 272 g/mol. The van der Waals surface area contributed by atoms with Crippen LogP contribution < -0.4 is 11.1 Å². The molecule has 4 heteroatoms. The molecule has 20 heavy (non-hydrogen) atoms. The lowest BCUT2D eigenvalue weighted by atomic mass is 9.91. The zero-order valence-electron chi connectivity index (χ0n) is 11.3. The van der Waals surface area contributed by atoms with Gasteiger partial charge in [0.25, 0.3) is 0 Å². The normalized spacial score (nSPS) is 13.7. The number of hydrogen-bond donors (Lipinski definition) is 2. The van der Waals surface area contributed by atoms with E-state index in [2.05, 4.69) is 5.32 Å². The fraction of sp³-hybridized carbons (Fsp3) is 0.188. The molecule has 0 spiro atoms. The molecule has 2 aromatic carbocycles. The third kappa shape index (κ3) is 3.03. The first-order chi connectivity index (χ1) is 9.52. The van der Waals surface area contributed by atoms with E-state index in [-0.39, 0.29) is 0 Å². The molecular formula is C16H17FN2O. The Hall–Kier alpha value is -2.20. The van der Waals surface area contributed by atoms with E-state index in [1.54, 1.807) is 19.1 Å². The Labute approximate surface area is 117 Å². The summed E-state index contributed by atoms with van der Waals surface area (Å²) in [7, 11) is 0. The van der Waals surface area contributed by atoms with Gasteiger partial charge in [-0.3, -0.25) is 10.1 Å². The molecule has 0 heterocycles. The summed E-state index contributed by atoms with van der Waals surface area (Å²) in [4.78, 5) is 11.8. The van der Waals surface area contributed by atoms with E-state index >= 15 is 0 Å². The number of nitrogens with two attached hydrogens (primary N) is 1. The third-order valence-corrected chi connectivity index (χ3v) is 3.38. The molecule has 0 saturated heterocycles. The molecule has 0 bridgehead atoms. The Kier molecular flexibility index (Phi) is 4.15. The minimum atomic E-state index is -1.11. The quantitative estimate of drug-likeness (QED) is 0.877. The van der Waals surface area contributed by atoms with Crippen molar-refractivity contribution in [1.29, 1.82) is 0 Å². The number of halogens is 1. The van der Waals surface area contributed by atoms with Crippen LogP contribution in [0.3, 0.4) is 0 Å². The van der Waals surface area contributed by atoms with Crippen LogP contribution >= 0.6 is 0 Å². The molecule has 0 aromatic heterocycles. The first-order valence-electron chi connectivity index (χ1n) is 6.37. The van der Waals surface area contributed by atoms with Crippen LogP contribution in [-0.2, 0) is 16.9 Å². The number of benzene rings is 2. The van der Waals surface area contributed by atoms with Gasteiger partial charge in [-0.25, -0.2) is 4.39 Å². The fourth-order valence-electron chi connectivity index (χ4n) is 2.01. The van der Waals surface area contributed by atoms with Crippen molar-refractivity contribution in [3.63, 3.8) is 0 Å². The lowest BCUT2D eigenvalue weighted by Crippen LogP contribution is -2.50. The fourth-order valence-corrected chi connectivity index (χ4v) is 2.01. The molecule has 104 valence electrons. The number of amides is 1. The summed E-state index contributed by atoms with van der Waals surface area (Å²) in [5.74, 6) is -0.935. The first-order valence-corrected chi connectivity index (χ1v) is 6.37. The van der Waals surface area contributed by atoms with Crippen molar-refractivity contribution >= 4 is 5.91 Å². The van der Waals surface area contributed by atoms with Crippen molar-refractivity contribution in [2.45, 2.75) is 19.0 Å². The van der Waals surface area contributed by atoms with Gasteiger partial charge in [0.1, 0.15) is 11.4 Å². The zero-order valence-corrected chi connectivity index (χ0v) is 11.3. The lowest BCUT2D eigenvalue weighted by molar-refractivity contribution is -0.124. The van der Waals surface area contributed by atoms with E-state index in [0.29, 0.717) is 12.1 Å². The minimum Gasteiger partial charge on any atom is -0.368 e. The molecule has 3 N–H and O–H groups in total. The molecule has 1 unspecified atom stereocenters. The number of hydrogen-bond acceptors (Lipinski definition) is 2. The van der Waals surface area contributed by atoms with Crippen molar-refractivity contribution in [3.8, 4) is 0 Å². The maximum absolute atomic E-state index is 13.3. The Morgan fingerprint density at radius 3 is 2.50 bits per heavy atom. The van der Waals surface area contributed by atoms with E-state index in [1.165, 1.54) is 12.1 Å². The van der Waals surface area contributed by atoms with E-state index in [0.717, 1.165) is 5.56 Å². The minimum absolute atomic E-state index is 0.392. The van der Waals surface area contributed by atoms with Crippen LogP contribution in [-0.4, -0.2) is 5.91 Å². The SMILES string of the molecule is CC(NCc1ccccc1)(C(N)=O)c1cccc(F)c1. The zero-order chi connectivity index (χ0) is 14.6. The second-order valence-electron chi connectivity index (χ2n) is 4.84. The molecule has 0 aliphatic rings. The maximum Gasteiger partial charge on any atom is 0.242 e. The molecule has 0 saturated carbocycles. The summed E-state index contributed by atoms with van der Waals surface area (Å²) >= 11 is 0. The van der Waals surface area contributed by atoms with Crippen LogP contribution in [0.2, 0.25) is 0 Å². The highest BCUT2D eigenvalue weighted by Crippen LogP contribution is 2.22.